The molecule has 0 fully saturated rings. The molecule has 2 aromatic carbocycles. The number of nitrogens with zero attached hydrogens (tertiary/aromatic N) is 4. The number of methoxy groups -OCH3 is 3. The number of hydrogen-bond donors (Lipinski definition) is 1. The van der Waals surface area contributed by atoms with Crippen molar-refractivity contribution in [2.45, 2.75) is 32.4 Å². The quantitative estimate of drug-likeness (QED) is 0.423. The smallest absolute Gasteiger partial charge is 0.273 e. The van der Waals surface area contributed by atoms with E-state index in [9.17, 15) is 4.79 Å². The molecule has 1 N–H and O–H groups in total. The summed E-state index contributed by atoms with van der Waals surface area (Å²) in [6.07, 6.45) is 4.57. The van der Waals surface area contributed by atoms with Crippen LogP contribution in [0.25, 0.3) is 0 Å². The molecule has 3 aromatic rings. The molecule has 9 heteroatoms. The van der Waals surface area contributed by atoms with E-state index in [1.165, 1.54) is 11.1 Å². The van der Waals surface area contributed by atoms with E-state index in [1.54, 1.807) is 32.2 Å². The van der Waals surface area contributed by atoms with Crippen LogP contribution in [-0.2, 0) is 19.5 Å². The molecule has 1 aliphatic heterocycles. The molecule has 2 heterocycles. The Kier molecular flexibility index (Phi) is 8.20. The molecule has 35 heavy (non-hydrogen) atoms. The first-order chi connectivity index (χ1) is 17.1. The van der Waals surface area contributed by atoms with Crippen molar-refractivity contribution in [3.63, 3.8) is 0 Å². The van der Waals surface area contributed by atoms with E-state index in [0.717, 1.165) is 61.7 Å². The molecule has 0 atom stereocenters. The Morgan fingerprint density at radius 3 is 2.60 bits per heavy atom. The van der Waals surface area contributed by atoms with E-state index in [-0.39, 0.29) is 5.91 Å². The van der Waals surface area contributed by atoms with E-state index in [1.807, 2.05) is 24.3 Å². The average Bonchev–Trinajstić information content (AvgIpc) is 3.36. The first-order valence-electron chi connectivity index (χ1n) is 11.9. The summed E-state index contributed by atoms with van der Waals surface area (Å²) in [7, 11) is 4.97. The third-order valence-electron chi connectivity index (χ3n) is 6.23. The van der Waals surface area contributed by atoms with Crippen molar-refractivity contribution in [3.8, 4) is 17.2 Å². The van der Waals surface area contributed by atoms with Crippen LogP contribution in [0.5, 0.6) is 17.2 Å². The van der Waals surface area contributed by atoms with Crippen molar-refractivity contribution in [3.05, 3.63) is 65.0 Å². The van der Waals surface area contributed by atoms with Gasteiger partial charge in [0.1, 0.15) is 5.75 Å². The number of unbranched alkanes of at least 4 members (excludes halogenated alkanes) is 1. The minimum atomic E-state index is -0.199. The Balaban J connectivity index is 1.18. The van der Waals surface area contributed by atoms with Gasteiger partial charge in [0.05, 0.1) is 34.1 Å². The summed E-state index contributed by atoms with van der Waals surface area (Å²) in [4.78, 5) is 14.9. The number of nitrogens with one attached hydrogen (secondary N) is 1. The molecule has 0 saturated heterocycles. The predicted octanol–water partition coefficient (Wildman–Crippen LogP) is 2.92. The second-order valence-corrected chi connectivity index (χ2v) is 8.62. The molecule has 0 saturated carbocycles. The minimum Gasteiger partial charge on any atom is -0.497 e. The number of aromatic nitrogens is 3. The summed E-state index contributed by atoms with van der Waals surface area (Å²) in [6.45, 7) is 4.04. The van der Waals surface area contributed by atoms with Gasteiger partial charge in [-0.05, 0) is 66.8 Å². The SMILES string of the molecule is COc1cccc(Cn2cc(C(=O)NCCCCN3CCc4cc(OC)c(OC)cc4C3)nn2)c1. The van der Waals surface area contributed by atoms with Gasteiger partial charge in [0, 0.05) is 19.6 Å². The van der Waals surface area contributed by atoms with Gasteiger partial charge < -0.3 is 19.5 Å². The maximum absolute atomic E-state index is 12.4. The highest BCUT2D eigenvalue weighted by molar-refractivity contribution is 5.91. The molecule has 0 bridgehead atoms. The number of ether oxygens (including phenoxy) is 3. The minimum absolute atomic E-state index is 0.199. The van der Waals surface area contributed by atoms with Crippen LogP contribution in [0.2, 0.25) is 0 Å². The lowest BCUT2D eigenvalue weighted by atomic mass is 9.98. The molecule has 9 nitrogen and oxygen atoms in total. The fourth-order valence-electron chi connectivity index (χ4n) is 4.32. The van der Waals surface area contributed by atoms with E-state index in [4.69, 9.17) is 14.2 Å². The van der Waals surface area contributed by atoms with Crippen molar-refractivity contribution in [1.29, 1.82) is 0 Å². The maximum atomic E-state index is 12.4. The summed E-state index contributed by atoms with van der Waals surface area (Å²) in [6, 6.07) is 11.9. The van der Waals surface area contributed by atoms with Gasteiger partial charge in [0.2, 0.25) is 0 Å². The van der Waals surface area contributed by atoms with E-state index in [0.29, 0.717) is 18.8 Å². The van der Waals surface area contributed by atoms with E-state index in [2.05, 4.69) is 32.7 Å². The number of rotatable bonds is 11. The zero-order chi connectivity index (χ0) is 24.6. The lowest BCUT2D eigenvalue weighted by Crippen LogP contribution is -2.32. The van der Waals surface area contributed by atoms with Crippen LogP contribution in [0.1, 0.15) is 40.0 Å². The topological polar surface area (TPSA) is 90.7 Å². The summed E-state index contributed by atoms with van der Waals surface area (Å²) in [5.74, 6) is 2.15. The van der Waals surface area contributed by atoms with Crippen molar-refractivity contribution in [1.82, 2.24) is 25.2 Å². The number of fused-ring (bicyclic) bond motifs is 1. The Labute approximate surface area is 206 Å². The average molecular weight is 480 g/mol. The molecular weight excluding hydrogens is 446 g/mol. The zero-order valence-electron chi connectivity index (χ0n) is 20.6. The Morgan fingerprint density at radius 1 is 1.03 bits per heavy atom. The van der Waals surface area contributed by atoms with Gasteiger partial charge >= 0.3 is 0 Å². The fraction of sp³-hybridized carbons (Fsp3) is 0.423. The first kappa shape index (κ1) is 24.5. The van der Waals surface area contributed by atoms with Gasteiger partial charge in [-0.25, -0.2) is 4.68 Å². The normalized spacial score (nSPS) is 13.2. The number of carbonyl (C=O) groups excluding carboxylic acids is 1. The summed E-state index contributed by atoms with van der Waals surface area (Å²) in [5.41, 5.74) is 3.97. The maximum Gasteiger partial charge on any atom is 0.273 e. The summed E-state index contributed by atoms with van der Waals surface area (Å²) >= 11 is 0. The van der Waals surface area contributed by atoms with Gasteiger partial charge in [-0.15, -0.1) is 5.10 Å². The molecule has 1 aliphatic rings. The predicted molar refractivity (Wildman–Crippen MR) is 132 cm³/mol. The molecular formula is C26H33N5O4. The van der Waals surface area contributed by atoms with Crippen molar-refractivity contribution in [2.24, 2.45) is 0 Å². The zero-order valence-corrected chi connectivity index (χ0v) is 20.6. The largest absolute Gasteiger partial charge is 0.497 e. The summed E-state index contributed by atoms with van der Waals surface area (Å²) in [5, 5.41) is 11.0. The molecule has 0 spiro atoms. The molecule has 1 aromatic heterocycles. The molecule has 186 valence electrons. The Morgan fingerprint density at radius 2 is 1.83 bits per heavy atom. The lowest BCUT2D eigenvalue weighted by molar-refractivity contribution is 0.0947. The highest BCUT2D eigenvalue weighted by atomic mass is 16.5. The number of hydrogen-bond acceptors (Lipinski definition) is 7. The van der Waals surface area contributed by atoms with Crippen LogP contribution in [0, 0.1) is 0 Å². The van der Waals surface area contributed by atoms with E-state index < -0.39 is 0 Å². The van der Waals surface area contributed by atoms with Gasteiger partial charge in [-0.2, -0.15) is 0 Å². The van der Waals surface area contributed by atoms with Crippen molar-refractivity contribution < 1.29 is 19.0 Å². The number of carbonyl (C=O) groups is 1. The van der Waals surface area contributed by atoms with Crippen LogP contribution in [0.15, 0.2) is 42.6 Å². The van der Waals surface area contributed by atoms with Gasteiger partial charge in [-0.3, -0.25) is 9.69 Å². The second-order valence-electron chi connectivity index (χ2n) is 8.62. The third kappa shape index (κ3) is 6.30. The molecule has 1 amide bonds. The second kappa shape index (κ2) is 11.7. The Bertz CT molecular complexity index is 1150. The van der Waals surface area contributed by atoms with Gasteiger partial charge in [0.25, 0.3) is 5.91 Å². The van der Waals surface area contributed by atoms with Crippen LogP contribution in [0.3, 0.4) is 0 Å². The standard InChI is InChI=1S/C26H33N5O4/c1-33-22-8-6-7-19(13-22)16-31-18-23(28-29-31)26(32)27-10-4-5-11-30-12-9-20-14-24(34-2)25(35-3)15-21(20)17-30/h6-8,13-15,18H,4-5,9-12,16-17H2,1-3H3,(H,27,32). The molecule has 0 aliphatic carbocycles. The third-order valence-corrected chi connectivity index (χ3v) is 6.23. The number of benzene rings is 2. The Hall–Kier alpha value is -3.59. The summed E-state index contributed by atoms with van der Waals surface area (Å²) < 4.78 is 17.8. The van der Waals surface area contributed by atoms with Crippen LogP contribution in [0.4, 0.5) is 0 Å². The van der Waals surface area contributed by atoms with Gasteiger partial charge in [-0.1, -0.05) is 17.3 Å². The van der Waals surface area contributed by atoms with Gasteiger partial charge in [0.15, 0.2) is 17.2 Å². The lowest BCUT2D eigenvalue weighted by Gasteiger charge is -2.29. The monoisotopic (exact) mass is 479 g/mol. The van der Waals surface area contributed by atoms with E-state index >= 15 is 0 Å². The number of amides is 1. The van der Waals surface area contributed by atoms with Crippen molar-refractivity contribution >= 4 is 5.91 Å². The van der Waals surface area contributed by atoms with Crippen molar-refractivity contribution in [2.75, 3.05) is 41.0 Å². The highest BCUT2D eigenvalue weighted by Gasteiger charge is 2.19. The fourth-order valence-corrected chi connectivity index (χ4v) is 4.32. The first-order valence-corrected chi connectivity index (χ1v) is 11.9. The molecule has 0 radical (unpaired) electrons. The van der Waals surface area contributed by atoms with Crippen LogP contribution in [-0.4, -0.2) is 66.8 Å². The highest BCUT2D eigenvalue weighted by Crippen LogP contribution is 2.33. The molecule has 0 unspecified atom stereocenters. The van der Waals surface area contributed by atoms with Crippen LogP contribution >= 0.6 is 0 Å². The molecule has 4 rings (SSSR count). The van der Waals surface area contributed by atoms with Crippen LogP contribution < -0.4 is 19.5 Å².